The Kier molecular flexibility index (Phi) is 19.1. The van der Waals surface area contributed by atoms with E-state index in [-0.39, 0.29) is 66.5 Å². The average molecular weight is 1090 g/mol. The van der Waals surface area contributed by atoms with Crippen molar-refractivity contribution in [1.29, 1.82) is 0 Å². The van der Waals surface area contributed by atoms with E-state index >= 15 is 0 Å². The van der Waals surface area contributed by atoms with Crippen molar-refractivity contribution in [2.75, 3.05) is 13.2 Å². The summed E-state index contributed by atoms with van der Waals surface area (Å²) in [4.78, 5) is 24.2. The van der Waals surface area contributed by atoms with Crippen LogP contribution in [0.1, 0.15) is 139 Å². The number of ether oxygens (including phenoxy) is 2. The second-order valence-corrected chi connectivity index (χ2v) is 46.6. The SMILES string of the molecule is CC(C)C[Si]12O[Si]3(CCCOC(=O)CCCCCOc4ccc(C=O)cc4)O[Si]4(CC(C)C)O[Si](CC(C)C)(O1)O[Si]1(CC(C)C)O[Si](CC(C)C)(O2)O[Si](CC(C)C)(O3)O[Si](CC(C)C)(O4)O1. The minimum absolute atomic E-state index is 0.0503. The first kappa shape index (κ1) is 56.7. The smallest absolute Gasteiger partial charge is 0.479 e. The maximum atomic E-state index is 13.2. The monoisotopic (exact) mass is 1090 g/mol. The third-order valence-electron chi connectivity index (χ3n) is 11.5. The van der Waals surface area contributed by atoms with Crippen LogP contribution in [0.4, 0.5) is 0 Å². The zero-order valence-electron chi connectivity index (χ0n) is 43.6. The Morgan fingerprint density at radius 2 is 0.735 bits per heavy atom. The number of esters is 1. The molecule has 0 saturated carbocycles. The molecular weight excluding hydrogens is 1010 g/mol. The molecule has 0 spiro atoms. The van der Waals surface area contributed by atoms with Gasteiger partial charge in [-0.3, -0.25) is 9.59 Å². The predicted molar refractivity (Wildman–Crippen MR) is 273 cm³/mol. The Morgan fingerprint density at radius 3 is 1.03 bits per heavy atom. The predicted octanol–water partition coefficient (Wildman–Crippen LogP) is 10.7. The molecule has 0 radical (unpaired) electrons. The van der Waals surface area contributed by atoms with Crippen molar-refractivity contribution in [3.05, 3.63) is 29.8 Å². The largest absolute Gasteiger partial charge is 0.494 e. The summed E-state index contributed by atoms with van der Waals surface area (Å²) in [5.41, 5.74) is 0.603. The van der Waals surface area contributed by atoms with Gasteiger partial charge in [-0.25, -0.2) is 0 Å². The van der Waals surface area contributed by atoms with E-state index in [9.17, 15) is 9.59 Å². The number of carbonyl (C=O) groups is 2. The maximum absolute atomic E-state index is 13.2. The molecular formula is C44H84O16Si8. The van der Waals surface area contributed by atoms with Crippen molar-refractivity contribution in [2.45, 2.75) is 177 Å². The number of rotatable bonds is 26. The average Bonchev–Trinajstić information content (AvgIpc) is 3.13. The van der Waals surface area contributed by atoms with Gasteiger partial charge in [0.15, 0.2) is 0 Å². The van der Waals surface area contributed by atoms with Gasteiger partial charge in [0.25, 0.3) is 0 Å². The van der Waals surface area contributed by atoms with Gasteiger partial charge in [-0.15, -0.1) is 0 Å². The number of benzene rings is 1. The summed E-state index contributed by atoms with van der Waals surface area (Å²) in [6.07, 6.45) is 3.68. The molecule has 0 amide bonds. The van der Waals surface area contributed by atoms with Crippen LogP contribution in [0, 0.1) is 41.4 Å². The van der Waals surface area contributed by atoms with Crippen molar-refractivity contribution in [3.8, 4) is 5.75 Å². The quantitative estimate of drug-likeness (QED) is 0.0372. The van der Waals surface area contributed by atoms with Crippen LogP contribution in [0.3, 0.4) is 0 Å². The van der Waals surface area contributed by atoms with Gasteiger partial charge in [0.05, 0.1) is 13.2 Å². The summed E-state index contributed by atoms with van der Waals surface area (Å²) >= 11 is 0. The van der Waals surface area contributed by atoms with E-state index in [4.69, 9.17) is 58.9 Å². The van der Waals surface area contributed by atoms with Gasteiger partial charge < -0.3 is 58.9 Å². The molecule has 0 atom stereocenters. The van der Waals surface area contributed by atoms with Crippen LogP contribution < -0.4 is 4.74 Å². The second-order valence-electron chi connectivity index (χ2n) is 22.5. The third-order valence-corrected chi connectivity index (χ3v) is 51.6. The normalized spacial score (nSPS) is 34.5. The number of hydrogen-bond acceptors (Lipinski definition) is 16. The molecule has 0 unspecified atom stereocenters. The van der Waals surface area contributed by atoms with E-state index < -0.39 is 70.4 Å². The van der Waals surface area contributed by atoms with Crippen LogP contribution >= 0.6 is 0 Å². The molecule has 0 aromatic heterocycles. The van der Waals surface area contributed by atoms with Crippen LogP contribution in [0.15, 0.2) is 24.3 Å². The van der Waals surface area contributed by atoms with E-state index in [0.717, 1.165) is 19.1 Å². The summed E-state index contributed by atoms with van der Waals surface area (Å²) in [6.45, 7) is 30.6. The lowest BCUT2D eigenvalue weighted by atomic mass is 10.2. The van der Waals surface area contributed by atoms with Gasteiger partial charge in [-0.05, 0) is 91.4 Å². The second kappa shape index (κ2) is 22.9. The van der Waals surface area contributed by atoms with E-state index in [1.54, 1.807) is 24.3 Å². The number of aldehydes is 1. The van der Waals surface area contributed by atoms with Gasteiger partial charge in [0.1, 0.15) is 12.0 Å². The molecule has 16 nitrogen and oxygen atoms in total. The molecule has 6 fully saturated rings. The van der Waals surface area contributed by atoms with Gasteiger partial charge in [0.2, 0.25) is 0 Å². The van der Waals surface area contributed by atoms with Crippen molar-refractivity contribution in [3.63, 3.8) is 0 Å². The lowest BCUT2D eigenvalue weighted by Gasteiger charge is -2.64. The summed E-state index contributed by atoms with van der Waals surface area (Å²) < 4.78 is 105. The zero-order valence-corrected chi connectivity index (χ0v) is 51.6. The highest BCUT2D eigenvalue weighted by Gasteiger charge is 2.83. The molecule has 7 rings (SSSR count). The van der Waals surface area contributed by atoms with E-state index in [0.29, 0.717) is 73.1 Å². The summed E-state index contributed by atoms with van der Waals surface area (Å²) in [7, 11) is -32.3. The molecule has 6 saturated heterocycles. The molecule has 0 aliphatic carbocycles. The van der Waals surface area contributed by atoms with Crippen molar-refractivity contribution < 1.29 is 68.4 Å². The topological polar surface area (TPSA) is 163 Å². The van der Waals surface area contributed by atoms with Crippen LogP contribution in [0.2, 0.25) is 48.4 Å². The van der Waals surface area contributed by atoms with Gasteiger partial charge in [-0.2, -0.15) is 0 Å². The minimum atomic E-state index is -4.16. The van der Waals surface area contributed by atoms with Crippen molar-refractivity contribution >= 4 is 82.7 Å². The minimum Gasteiger partial charge on any atom is -0.494 e. The maximum Gasteiger partial charge on any atom is 0.479 e. The fourth-order valence-electron chi connectivity index (χ4n) is 9.80. The molecule has 388 valence electrons. The van der Waals surface area contributed by atoms with Crippen LogP contribution in [-0.2, 0) is 58.9 Å². The van der Waals surface area contributed by atoms with E-state index in [1.807, 2.05) is 0 Å². The van der Waals surface area contributed by atoms with Crippen molar-refractivity contribution in [2.24, 2.45) is 41.4 Å². The molecule has 68 heavy (non-hydrogen) atoms. The first-order valence-electron chi connectivity index (χ1n) is 25.6. The fraction of sp³-hybridized carbons (Fsp3) is 0.818. The van der Waals surface area contributed by atoms with Gasteiger partial charge >= 0.3 is 76.4 Å². The van der Waals surface area contributed by atoms with Crippen LogP contribution in [-0.4, -0.2) is 95.9 Å². The van der Waals surface area contributed by atoms with E-state index in [1.165, 1.54) is 0 Å². The number of carbonyl (C=O) groups excluding carboxylic acids is 2. The molecule has 6 heterocycles. The molecule has 1 aromatic carbocycles. The molecule has 0 N–H and O–H groups in total. The van der Waals surface area contributed by atoms with Gasteiger partial charge in [-0.1, -0.05) is 96.9 Å². The van der Waals surface area contributed by atoms with E-state index in [2.05, 4.69) is 96.9 Å². The molecule has 6 aliphatic heterocycles. The Labute approximate surface area is 416 Å². The highest BCUT2D eigenvalue weighted by molar-refractivity contribution is 7.03. The molecule has 24 heteroatoms. The lowest BCUT2D eigenvalue weighted by Crippen LogP contribution is -2.88. The summed E-state index contributed by atoms with van der Waals surface area (Å²) in [5, 5.41) is 0. The highest BCUT2D eigenvalue weighted by Crippen LogP contribution is 2.56. The third kappa shape index (κ3) is 14.8. The van der Waals surface area contributed by atoms with Crippen LogP contribution in [0.25, 0.3) is 0 Å². The standard InChI is InChI=1S/C44H84O16Si8/c1-35(2)28-62-49-61(26-18-25-48-44(46)19-16-15-17-24-47-43-22-20-42(27-45)21-23-43)50-63(29-36(3)4)54-65(52-62,31-38(7)8)58-68(34-41(13)14)59-66(53-62,32-39(9)10)55-64(51-61,30-37(5)6)57-67(56-63,60-68)33-40(11)12/h20-23,27,35-41H,15-19,24-26,28-34H2,1-14H3. The number of hydrogen-bond donors (Lipinski definition) is 0. The lowest BCUT2D eigenvalue weighted by molar-refractivity contribution is -0.144. The summed E-state index contributed by atoms with van der Waals surface area (Å²) in [5.74, 6) is 0.895. The highest BCUT2D eigenvalue weighted by atomic mass is 28.6. The Hall–Kier alpha value is -0.585. The molecule has 8 bridgehead atoms. The summed E-state index contributed by atoms with van der Waals surface area (Å²) in [6, 6.07) is 10.3. The Balaban J connectivity index is 1.41. The first-order chi connectivity index (χ1) is 31.8. The Bertz CT molecular complexity index is 1670. The van der Waals surface area contributed by atoms with Crippen LogP contribution in [0.5, 0.6) is 5.75 Å². The fourth-order valence-corrected chi connectivity index (χ4v) is 61.3. The zero-order chi connectivity index (χ0) is 49.8. The Morgan fingerprint density at radius 1 is 0.426 bits per heavy atom. The molecule has 6 aliphatic rings. The number of unbranched alkanes of at least 4 members (excludes halogenated alkanes) is 2. The van der Waals surface area contributed by atoms with Gasteiger partial charge in [0, 0.05) is 60.3 Å². The van der Waals surface area contributed by atoms with Crippen molar-refractivity contribution in [1.82, 2.24) is 0 Å². The molecule has 1 aromatic rings. The first-order valence-corrected chi connectivity index (χ1v) is 41.0.